The fourth-order valence-electron chi connectivity index (χ4n) is 2.37. The van der Waals surface area contributed by atoms with E-state index in [9.17, 15) is 4.79 Å². The van der Waals surface area contributed by atoms with Crippen molar-refractivity contribution in [3.8, 4) is 0 Å². The molecule has 1 heterocycles. The van der Waals surface area contributed by atoms with Crippen LogP contribution in [0.4, 0.5) is 0 Å². The van der Waals surface area contributed by atoms with Crippen LogP contribution < -0.4 is 11.1 Å². The van der Waals surface area contributed by atoms with E-state index in [1.165, 1.54) is 0 Å². The van der Waals surface area contributed by atoms with Crippen LogP contribution in [0.15, 0.2) is 10.6 Å². The van der Waals surface area contributed by atoms with Crippen LogP contribution in [0.5, 0.6) is 0 Å². The van der Waals surface area contributed by atoms with Gasteiger partial charge in [0.25, 0.3) is 5.91 Å². The Morgan fingerprint density at radius 2 is 2.24 bits per heavy atom. The van der Waals surface area contributed by atoms with E-state index in [1.54, 1.807) is 13.2 Å². The first-order valence-electron chi connectivity index (χ1n) is 7.29. The second-order valence-electron chi connectivity index (χ2n) is 5.27. The number of nitrogens with one attached hydrogen (secondary N) is 1. The van der Waals surface area contributed by atoms with Gasteiger partial charge in [-0.1, -0.05) is 5.16 Å². The molecule has 0 aliphatic heterocycles. The third-order valence-corrected chi connectivity index (χ3v) is 3.54. The number of rotatable bonds is 7. The molecule has 0 spiro atoms. The van der Waals surface area contributed by atoms with Gasteiger partial charge in [0, 0.05) is 25.8 Å². The molecule has 1 aromatic heterocycles. The number of methoxy groups -OCH3 is 1. The Morgan fingerprint density at radius 3 is 2.95 bits per heavy atom. The van der Waals surface area contributed by atoms with E-state index in [4.69, 9.17) is 19.7 Å². The Morgan fingerprint density at radius 1 is 1.48 bits per heavy atom. The number of hydrogen-bond donors (Lipinski definition) is 2. The number of nitrogens with two attached hydrogens (primary N) is 1. The molecule has 1 aromatic rings. The van der Waals surface area contributed by atoms with Crippen LogP contribution in [0, 0.1) is 0 Å². The molecular formula is C14H23N3O4. The number of carbonyl (C=O) groups is 1. The number of hydrogen-bond acceptors (Lipinski definition) is 6. The summed E-state index contributed by atoms with van der Waals surface area (Å²) in [6, 6.07) is 1.89. The van der Waals surface area contributed by atoms with Crippen LogP contribution in [0.1, 0.15) is 41.9 Å². The monoisotopic (exact) mass is 297 g/mol. The van der Waals surface area contributed by atoms with E-state index < -0.39 is 0 Å². The van der Waals surface area contributed by atoms with Crippen molar-refractivity contribution in [3.63, 3.8) is 0 Å². The lowest BCUT2D eigenvalue weighted by atomic mass is 9.94. The van der Waals surface area contributed by atoms with E-state index in [0.717, 1.165) is 25.7 Å². The van der Waals surface area contributed by atoms with Crippen molar-refractivity contribution in [1.82, 2.24) is 10.5 Å². The van der Waals surface area contributed by atoms with Gasteiger partial charge >= 0.3 is 0 Å². The van der Waals surface area contributed by atoms with E-state index in [-0.39, 0.29) is 17.7 Å². The smallest absolute Gasteiger partial charge is 0.273 e. The average Bonchev–Trinajstić information content (AvgIpc) is 2.94. The van der Waals surface area contributed by atoms with E-state index >= 15 is 0 Å². The zero-order valence-electron chi connectivity index (χ0n) is 12.3. The SMILES string of the molecule is COCc1cc(C(=O)NCCOC2CCC(N)CC2)no1. The zero-order chi connectivity index (χ0) is 15.1. The molecule has 2 rings (SSSR count). The number of aromatic nitrogens is 1. The molecule has 7 heteroatoms. The molecule has 21 heavy (non-hydrogen) atoms. The van der Waals surface area contributed by atoms with E-state index in [1.807, 2.05) is 0 Å². The molecule has 1 fully saturated rings. The van der Waals surface area contributed by atoms with Gasteiger partial charge in [-0.2, -0.15) is 0 Å². The van der Waals surface area contributed by atoms with Gasteiger partial charge in [0.05, 0.1) is 12.7 Å². The zero-order valence-corrected chi connectivity index (χ0v) is 12.3. The fraction of sp³-hybridized carbons (Fsp3) is 0.714. The molecule has 1 saturated carbocycles. The number of carbonyl (C=O) groups excluding carboxylic acids is 1. The number of amides is 1. The molecule has 0 atom stereocenters. The highest BCUT2D eigenvalue weighted by Gasteiger charge is 2.18. The summed E-state index contributed by atoms with van der Waals surface area (Å²) in [5.74, 6) is 0.257. The highest BCUT2D eigenvalue weighted by atomic mass is 16.5. The minimum Gasteiger partial charge on any atom is -0.377 e. The summed E-state index contributed by atoms with van der Waals surface area (Å²) in [6.07, 6.45) is 4.29. The first kappa shape index (κ1) is 15.9. The van der Waals surface area contributed by atoms with Gasteiger partial charge in [-0.05, 0) is 25.7 Å². The molecule has 0 aromatic carbocycles. The topological polar surface area (TPSA) is 99.6 Å². The summed E-state index contributed by atoms with van der Waals surface area (Å²) >= 11 is 0. The predicted molar refractivity (Wildman–Crippen MR) is 75.7 cm³/mol. The lowest BCUT2D eigenvalue weighted by Crippen LogP contribution is -2.33. The van der Waals surface area contributed by atoms with Gasteiger partial charge in [0.15, 0.2) is 11.5 Å². The maximum absolute atomic E-state index is 11.8. The molecule has 0 saturated heterocycles. The van der Waals surface area contributed by atoms with Crippen LogP contribution in [-0.2, 0) is 16.1 Å². The minimum absolute atomic E-state index is 0.255. The largest absolute Gasteiger partial charge is 0.377 e. The quantitative estimate of drug-likeness (QED) is 0.723. The van der Waals surface area contributed by atoms with Crippen molar-refractivity contribution in [2.75, 3.05) is 20.3 Å². The van der Waals surface area contributed by atoms with Gasteiger partial charge in [0.1, 0.15) is 6.61 Å². The first-order chi connectivity index (χ1) is 10.2. The standard InChI is InChI=1S/C14H23N3O4/c1-19-9-12-8-13(17-21-12)14(18)16-6-7-20-11-4-2-10(15)3-5-11/h8,10-11H,2-7,9,15H2,1H3,(H,16,18). The van der Waals surface area contributed by atoms with Crippen LogP contribution >= 0.6 is 0 Å². The van der Waals surface area contributed by atoms with Gasteiger partial charge in [0.2, 0.25) is 0 Å². The lowest BCUT2D eigenvalue weighted by Gasteiger charge is -2.26. The van der Waals surface area contributed by atoms with Crippen LogP contribution in [0.2, 0.25) is 0 Å². The molecule has 3 N–H and O–H groups in total. The van der Waals surface area contributed by atoms with Gasteiger partial charge < -0.3 is 25.0 Å². The van der Waals surface area contributed by atoms with E-state index in [2.05, 4.69) is 10.5 Å². The van der Waals surface area contributed by atoms with E-state index in [0.29, 0.717) is 31.6 Å². The highest BCUT2D eigenvalue weighted by molar-refractivity contribution is 5.92. The number of ether oxygens (including phenoxy) is 2. The van der Waals surface area contributed by atoms with Crippen LogP contribution in [-0.4, -0.2) is 43.5 Å². The van der Waals surface area contributed by atoms with Crippen LogP contribution in [0.25, 0.3) is 0 Å². The highest BCUT2D eigenvalue weighted by Crippen LogP contribution is 2.19. The Kier molecular flexibility index (Phi) is 6.16. The molecule has 118 valence electrons. The maximum Gasteiger partial charge on any atom is 0.273 e. The van der Waals surface area contributed by atoms with Crippen molar-refractivity contribution >= 4 is 5.91 Å². The van der Waals surface area contributed by atoms with Crippen molar-refractivity contribution in [3.05, 3.63) is 17.5 Å². The lowest BCUT2D eigenvalue weighted by molar-refractivity contribution is 0.0267. The molecular weight excluding hydrogens is 274 g/mol. The second-order valence-corrected chi connectivity index (χ2v) is 5.27. The minimum atomic E-state index is -0.268. The average molecular weight is 297 g/mol. The number of nitrogens with zero attached hydrogens (tertiary/aromatic N) is 1. The summed E-state index contributed by atoms with van der Waals surface area (Å²) in [5, 5.41) is 6.44. The fourth-order valence-corrected chi connectivity index (χ4v) is 2.37. The van der Waals surface area contributed by atoms with Crippen LogP contribution in [0.3, 0.4) is 0 Å². The summed E-state index contributed by atoms with van der Waals surface area (Å²) < 4.78 is 15.6. The van der Waals surface area contributed by atoms with Crippen molar-refractivity contribution < 1.29 is 18.8 Å². The maximum atomic E-state index is 11.8. The Hall–Kier alpha value is -1.44. The Labute approximate surface area is 124 Å². The summed E-state index contributed by atoms with van der Waals surface area (Å²) in [7, 11) is 1.55. The van der Waals surface area contributed by atoms with Crippen molar-refractivity contribution in [2.45, 2.75) is 44.4 Å². The molecule has 7 nitrogen and oxygen atoms in total. The first-order valence-corrected chi connectivity index (χ1v) is 7.29. The normalized spacial score (nSPS) is 22.2. The molecule has 0 unspecified atom stereocenters. The van der Waals surface area contributed by atoms with Crippen molar-refractivity contribution in [1.29, 1.82) is 0 Å². The predicted octanol–water partition coefficient (Wildman–Crippen LogP) is 0.837. The molecule has 0 bridgehead atoms. The Bertz CT molecular complexity index is 441. The molecule has 1 aliphatic carbocycles. The van der Waals surface area contributed by atoms with Gasteiger partial charge in [-0.15, -0.1) is 0 Å². The summed E-state index contributed by atoms with van der Waals surface area (Å²) in [5.41, 5.74) is 6.10. The molecule has 1 aliphatic rings. The summed E-state index contributed by atoms with van der Waals surface area (Å²) in [6.45, 7) is 1.25. The third-order valence-electron chi connectivity index (χ3n) is 3.54. The Balaban J connectivity index is 1.62. The van der Waals surface area contributed by atoms with Gasteiger partial charge in [-0.25, -0.2) is 0 Å². The molecule has 0 radical (unpaired) electrons. The summed E-state index contributed by atoms with van der Waals surface area (Å²) in [4.78, 5) is 11.8. The van der Waals surface area contributed by atoms with Crippen molar-refractivity contribution in [2.24, 2.45) is 5.73 Å². The van der Waals surface area contributed by atoms with Gasteiger partial charge in [-0.3, -0.25) is 4.79 Å². The molecule has 1 amide bonds. The third kappa shape index (κ3) is 5.11. The second kappa shape index (κ2) is 8.11.